The molecule has 2 heterocycles. The molecule has 7 heteroatoms. The van der Waals surface area contributed by atoms with Crippen molar-refractivity contribution < 1.29 is 4.92 Å². The first-order chi connectivity index (χ1) is 14.1. The van der Waals surface area contributed by atoms with Gasteiger partial charge in [0, 0.05) is 29.9 Å². The van der Waals surface area contributed by atoms with Crippen molar-refractivity contribution in [1.82, 2.24) is 14.8 Å². The Labute approximate surface area is 167 Å². The van der Waals surface area contributed by atoms with Gasteiger partial charge in [0.1, 0.15) is 12.0 Å². The number of para-hydroxylation sites is 1. The Bertz CT molecular complexity index is 1140. The second kappa shape index (κ2) is 7.93. The highest BCUT2D eigenvalue weighted by molar-refractivity contribution is 5.64. The summed E-state index contributed by atoms with van der Waals surface area (Å²) in [6, 6.07) is 21.4. The van der Waals surface area contributed by atoms with Crippen molar-refractivity contribution in [2.45, 2.75) is 13.5 Å². The van der Waals surface area contributed by atoms with Crippen LogP contribution >= 0.6 is 0 Å². The van der Waals surface area contributed by atoms with E-state index < -0.39 is 4.92 Å². The molecule has 0 saturated heterocycles. The van der Waals surface area contributed by atoms with Crippen LogP contribution in [0.3, 0.4) is 0 Å². The van der Waals surface area contributed by atoms with E-state index in [1.54, 1.807) is 6.92 Å². The smallest absolute Gasteiger partial charge is 0.287 e. The second-order valence-electron chi connectivity index (χ2n) is 6.62. The third kappa shape index (κ3) is 3.98. The summed E-state index contributed by atoms with van der Waals surface area (Å²) in [7, 11) is 0. The lowest BCUT2D eigenvalue weighted by molar-refractivity contribution is -0.385. The minimum absolute atomic E-state index is 0.0186. The van der Waals surface area contributed by atoms with Gasteiger partial charge in [0.25, 0.3) is 5.69 Å². The van der Waals surface area contributed by atoms with Gasteiger partial charge in [0.05, 0.1) is 16.3 Å². The topological polar surface area (TPSA) is 85.9 Å². The Morgan fingerprint density at radius 1 is 1.07 bits per heavy atom. The van der Waals surface area contributed by atoms with E-state index in [1.807, 2.05) is 71.5 Å². The number of nitro groups is 1. The molecule has 0 unspecified atom stereocenters. The fraction of sp³-hybridized carbons (Fsp3) is 0.0909. The van der Waals surface area contributed by atoms with E-state index in [9.17, 15) is 10.1 Å². The number of pyridine rings is 1. The number of aromatic nitrogens is 3. The van der Waals surface area contributed by atoms with Crippen molar-refractivity contribution in [2.24, 2.45) is 0 Å². The molecule has 7 nitrogen and oxygen atoms in total. The van der Waals surface area contributed by atoms with E-state index in [2.05, 4.69) is 10.3 Å². The molecule has 0 bridgehead atoms. The fourth-order valence-corrected chi connectivity index (χ4v) is 3.11. The molecule has 0 saturated carbocycles. The van der Waals surface area contributed by atoms with Gasteiger partial charge >= 0.3 is 0 Å². The quantitative estimate of drug-likeness (QED) is 0.382. The number of aryl methyl sites for hydroxylation is 1. The highest BCUT2D eigenvalue weighted by atomic mass is 16.6. The predicted molar refractivity (Wildman–Crippen MR) is 112 cm³/mol. The largest absolute Gasteiger partial charge is 0.366 e. The molecule has 2 aromatic heterocycles. The van der Waals surface area contributed by atoms with Gasteiger partial charge in [0.15, 0.2) is 0 Å². The lowest BCUT2D eigenvalue weighted by Gasteiger charge is -2.08. The molecule has 29 heavy (non-hydrogen) atoms. The van der Waals surface area contributed by atoms with Gasteiger partial charge in [-0.2, -0.15) is 5.10 Å². The molecule has 0 spiro atoms. The molecule has 0 aliphatic heterocycles. The van der Waals surface area contributed by atoms with Crippen LogP contribution in [-0.2, 0) is 6.54 Å². The van der Waals surface area contributed by atoms with Crippen molar-refractivity contribution >= 4 is 11.5 Å². The molecule has 144 valence electrons. The predicted octanol–water partition coefficient (Wildman–Crippen LogP) is 4.76. The first kappa shape index (κ1) is 18.4. The first-order valence-electron chi connectivity index (χ1n) is 9.16. The van der Waals surface area contributed by atoms with E-state index in [0.717, 1.165) is 28.1 Å². The van der Waals surface area contributed by atoms with Crippen molar-refractivity contribution in [3.05, 3.63) is 100 Å². The number of rotatable bonds is 6. The fourth-order valence-electron chi connectivity index (χ4n) is 3.11. The van der Waals surface area contributed by atoms with E-state index in [4.69, 9.17) is 5.10 Å². The zero-order chi connectivity index (χ0) is 20.2. The normalized spacial score (nSPS) is 10.7. The molecular weight excluding hydrogens is 366 g/mol. The van der Waals surface area contributed by atoms with Crippen LogP contribution in [0, 0.1) is 17.0 Å². The van der Waals surface area contributed by atoms with E-state index in [-0.39, 0.29) is 5.69 Å². The molecule has 0 aliphatic rings. The average molecular weight is 385 g/mol. The molecule has 2 aromatic carbocycles. The van der Waals surface area contributed by atoms with Gasteiger partial charge in [-0.25, -0.2) is 9.67 Å². The van der Waals surface area contributed by atoms with Crippen molar-refractivity contribution in [1.29, 1.82) is 0 Å². The molecule has 0 radical (unpaired) electrons. The van der Waals surface area contributed by atoms with E-state index in [0.29, 0.717) is 12.4 Å². The van der Waals surface area contributed by atoms with Crippen molar-refractivity contribution in [3.8, 4) is 16.9 Å². The van der Waals surface area contributed by atoms with Gasteiger partial charge in [-0.3, -0.25) is 10.1 Å². The Morgan fingerprint density at radius 2 is 1.76 bits per heavy atom. The first-order valence-corrected chi connectivity index (χ1v) is 9.16. The van der Waals surface area contributed by atoms with Crippen LogP contribution in [0.15, 0.2) is 79.1 Å². The Hall–Kier alpha value is -4.00. The molecule has 0 fully saturated rings. The van der Waals surface area contributed by atoms with Crippen molar-refractivity contribution in [2.75, 3.05) is 5.32 Å². The monoisotopic (exact) mass is 385 g/mol. The molecular formula is C22H19N5O2. The van der Waals surface area contributed by atoms with Crippen LogP contribution in [0.25, 0.3) is 16.9 Å². The summed E-state index contributed by atoms with van der Waals surface area (Å²) >= 11 is 0. The molecule has 0 aliphatic carbocycles. The summed E-state index contributed by atoms with van der Waals surface area (Å²) in [4.78, 5) is 14.7. The van der Waals surface area contributed by atoms with Crippen LogP contribution in [0.5, 0.6) is 0 Å². The van der Waals surface area contributed by atoms with Crippen LogP contribution in [0.2, 0.25) is 0 Å². The maximum atomic E-state index is 10.9. The van der Waals surface area contributed by atoms with Crippen molar-refractivity contribution in [3.63, 3.8) is 0 Å². The number of nitrogens with zero attached hydrogens (tertiary/aromatic N) is 4. The third-order valence-corrected chi connectivity index (χ3v) is 4.58. The molecule has 1 N–H and O–H groups in total. The number of hydrogen-bond donors (Lipinski definition) is 1. The highest BCUT2D eigenvalue weighted by Gasteiger charge is 2.14. The molecule has 4 rings (SSSR count). The second-order valence-corrected chi connectivity index (χ2v) is 6.62. The third-order valence-electron chi connectivity index (χ3n) is 4.58. The summed E-state index contributed by atoms with van der Waals surface area (Å²) in [6.45, 7) is 2.29. The van der Waals surface area contributed by atoms with E-state index >= 15 is 0 Å². The van der Waals surface area contributed by atoms with Gasteiger partial charge in [-0.1, -0.05) is 48.5 Å². The lowest BCUT2D eigenvalue weighted by Crippen LogP contribution is -2.04. The van der Waals surface area contributed by atoms with Gasteiger partial charge in [-0.05, 0) is 24.6 Å². The Balaban J connectivity index is 1.66. The maximum absolute atomic E-state index is 10.9. The summed E-state index contributed by atoms with van der Waals surface area (Å²) in [5.41, 5.74) is 4.57. The van der Waals surface area contributed by atoms with Crippen LogP contribution in [-0.4, -0.2) is 19.7 Å². The number of benzene rings is 2. The maximum Gasteiger partial charge on any atom is 0.287 e. The van der Waals surface area contributed by atoms with Gasteiger partial charge in [-0.15, -0.1) is 0 Å². The van der Waals surface area contributed by atoms with E-state index in [1.165, 1.54) is 12.3 Å². The SMILES string of the molecule is Cc1cc([N+](=O)[O-])cnc1NCc1cn(-c2ccccc2)nc1-c1ccccc1. The highest BCUT2D eigenvalue weighted by Crippen LogP contribution is 2.25. The standard InChI is InChI=1S/C22H19N5O2/c1-16-12-20(27(28)29)14-24-22(16)23-13-18-15-26(19-10-6-3-7-11-19)25-21(18)17-8-4-2-5-9-17/h2-12,14-15H,13H2,1H3,(H,23,24). The zero-order valence-corrected chi connectivity index (χ0v) is 15.8. The Morgan fingerprint density at radius 3 is 2.41 bits per heavy atom. The van der Waals surface area contributed by atoms with Crippen LogP contribution < -0.4 is 5.32 Å². The molecule has 4 aromatic rings. The van der Waals surface area contributed by atoms with Crippen LogP contribution in [0.4, 0.5) is 11.5 Å². The van der Waals surface area contributed by atoms with Gasteiger partial charge < -0.3 is 5.32 Å². The lowest BCUT2D eigenvalue weighted by atomic mass is 10.1. The minimum Gasteiger partial charge on any atom is -0.366 e. The summed E-state index contributed by atoms with van der Waals surface area (Å²) < 4.78 is 1.86. The number of hydrogen-bond acceptors (Lipinski definition) is 5. The number of anilines is 1. The number of nitrogens with one attached hydrogen (secondary N) is 1. The average Bonchev–Trinajstić information content (AvgIpc) is 3.18. The Kier molecular flexibility index (Phi) is 5.03. The summed E-state index contributed by atoms with van der Waals surface area (Å²) in [5.74, 6) is 0.613. The zero-order valence-electron chi connectivity index (χ0n) is 15.8. The summed E-state index contributed by atoms with van der Waals surface area (Å²) in [6.07, 6.45) is 3.26. The van der Waals surface area contributed by atoms with Crippen LogP contribution in [0.1, 0.15) is 11.1 Å². The molecule has 0 amide bonds. The summed E-state index contributed by atoms with van der Waals surface area (Å²) in [5, 5.41) is 19.0. The van der Waals surface area contributed by atoms with Gasteiger partial charge in [0.2, 0.25) is 0 Å². The molecule has 0 atom stereocenters. The minimum atomic E-state index is -0.443.